The number of hydrogen-bond donors (Lipinski definition) is 2. The van der Waals surface area contributed by atoms with Crippen molar-refractivity contribution >= 4 is 23.2 Å². The fourth-order valence-corrected chi connectivity index (χ4v) is 2.21. The smallest absolute Gasteiger partial charge is 0.272 e. The predicted molar refractivity (Wildman–Crippen MR) is 80.1 cm³/mol. The van der Waals surface area contributed by atoms with Crippen LogP contribution in [0.25, 0.3) is 0 Å². The molecule has 2 N–H and O–H groups in total. The van der Waals surface area contributed by atoms with Gasteiger partial charge in [-0.25, -0.2) is 0 Å². The maximum Gasteiger partial charge on any atom is 0.272 e. The van der Waals surface area contributed by atoms with Gasteiger partial charge in [-0.3, -0.25) is 4.79 Å². The highest BCUT2D eigenvalue weighted by molar-refractivity contribution is 6.31. The molecule has 1 heterocycles. The first kappa shape index (κ1) is 14.6. The van der Waals surface area contributed by atoms with Gasteiger partial charge in [-0.2, -0.15) is 0 Å². The van der Waals surface area contributed by atoms with Crippen molar-refractivity contribution in [1.29, 1.82) is 0 Å². The Labute approximate surface area is 123 Å². The summed E-state index contributed by atoms with van der Waals surface area (Å²) in [6, 6.07) is 8.89. The maximum absolute atomic E-state index is 12.3. The summed E-state index contributed by atoms with van der Waals surface area (Å²) < 4.78 is 1.83. The molecule has 0 aliphatic rings. The highest BCUT2D eigenvalue weighted by Gasteiger charge is 2.15. The van der Waals surface area contributed by atoms with E-state index in [0.717, 1.165) is 5.56 Å². The number of halogens is 1. The van der Waals surface area contributed by atoms with E-state index in [1.54, 1.807) is 36.5 Å². The Bertz CT molecular complexity index is 620. The van der Waals surface area contributed by atoms with Gasteiger partial charge in [0.25, 0.3) is 5.91 Å². The molecule has 0 fully saturated rings. The third-order valence-corrected chi connectivity index (χ3v) is 3.18. The number of anilines is 1. The average Bonchev–Trinajstić information content (AvgIpc) is 2.81. The molecular formula is C15H17ClN2O2. The molecule has 0 radical (unpaired) electrons. The number of carbonyl (C=O) groups excluding carboxylic acids is 1. The van der Waals surface area contributed by atoms with E-state index in [-0.39, 0.29) is 18.6 Å². The predicted octanol–water partition coefficient (Wildman–Crippen LogP) is 3.47. The number of rotatable bonds is 4. The van der Waals surface area contributed by atoms with E-state index in [0.29, 0.717) is 16.4 Å². The molecule has 5 heteroatoms. The summed E-state index contributed by atoms with van der Waals surface area (Å²) in [4.78, 5) is 12.3. The molecular weight excluding hydrogens is 276 g/mol. The number of nitrogens with zero attached hydrogens (tertiary/aromatic N) is 1. The number of aliphatic hydroxyl groups excluding tert-OH is 1. The third kappa shape index (κ3) is 3.21. The third-order valence-electron chi connectivity index (χ3n) is 2.97. The largest absolute Gasteiger partial charge is 0.392 e. The zero-order valence-corrected chi connectivity index (χ0v) is 12.2. The van der Waals surface area contributed by atoms with Crippen molar-refractivity contribution < 1.29 is 9.90 Å². The van der Waals surface area contributed by atoms with Crippen LogP contribution in [0, 0.1) is 0 Å². The lowest BCUT2D eigenvalue weighted by atomic mass is 10.2. The summed E-state index contributed by atoms with van der Waals surface area (Å²) in [6.45, 7) is 3.91. The number of benzene rings is 1. The van der Waals surface area contributed by atoms with Gasteiger partial charge >= 0.3 is 0 Å². The van der Waals surface area contributed by atoms with E-state index in [4.69, 9.17) is 16.7 Å². The van der Waals surface area contributed by atoms with Gasteiger partial charge in [0.2, 0.25) is 0 Å². The van der Waals surface area contributed by atoms with Gasteiger partial charge < -0.3 is 15.0 Å². The molecule has 0 aliphatic heterocycles. The number of aromatic nitrogens is 1. The Balaban J connectivity index is 2.23. The SMILES string of the molecule is CC(C)n1cc(Cl)cc1C(=O)Nc1cccc(CO)c1. The maximum atomic E-state index is 12.3. The van der Waals surface area contributed by atoms with Crippen molar-refractivity contribution in [2.24, 2.45) is 0 Å². The number of aliphatic hydroxyl groups is 1. The molecule has 0 saturated heterocycles. The summed E-state index contributed by atoms with van der Waals surface area (Å²) in [5.74, 6) is -0.222. The molecule has 0 atom stereocenters. The molecule has 1 aromatic heterocycles. The van der Waals surface area contributed by atoms with Crippen molar-refractivity contribution in [3.05, 3.63) is 52.8 Å². The van der Waals surface area contributed by atoms with Crippen LogP contribution >= 0.6 is 11.6 Å². The summed E-state index contributed by atoms with van der Waals surface area (Å²) in [5, 5.41) is 12.4. The second kappa shape index (κ2) is 6.11. The number of carbonyl (C=O) groups is 1. The highest BCUT2D eigenvalue weighted by Crippen LogP contribution is 2.20. The normalized spacial score (nSPS) is 10.8. The monoisotopic (exact) mass is 292 g/mol. The summed E-state index contributed by atoms with van der Waals surface area (Å²) in [7, 11) is 0. The second-order valence-corrected chi connectivity index (χ2v) is 5.29. The van der Waals surface area contributed by atoms with Crippen molar-refractivity contribution in [3.63, 3.8) is 0 Å². The van der Waals surface area contributed by atoms with E-state index in [9.17, 15) is 4.79 Å². The fraction of sp³-hybridized carbons (Fsp3) is 0.267. The van der Waals surface area contributed by atoms with Gasteiger partial charge in [-0.05, 0) is 37.6 Å². The van der Waals surface area contributed by atoms with Crippen LogP contribution in [-0.2, 0) is 6.61 Å². The first-order valence-electron chi connectivity index (χ1n) is 6.39. The quantitative estimate of drug-likeness (QED) is 0.906. The summed E-state index contributed by atoms with van der Waals surface area (Å²) >= 11 is 5.97. The first-order valence-corrected chi connectivity index (χ1v) is 6.77. The number of amides is 1. The zero-order valence-electron chi connectivity index (χ0n) is 11.4. The van der Waals surface area contributed by atoms with Crippen LogP contribution in [0.1, 0.15) is 35.9 Å². The van der Waals surface area contributed by atoms with E-state index in [1.165, 1.54) is 0 Å². The molecule has 2 aromatic rings. The standard InChI is InChI=1S/C15H17ClN2O2/c1-10(2)18-8-12(16)7-14(18)15(20)17-13-5-3-4-11(6-13)9-19/h3-8,10,19H,9H2,1-2H3,(H,17,20). The minimum Gasteiger partial charge on any atom is -0.392 e. The van der Waals surface area contributed by atoms with Gasteiger partial charge in [0.15, 0.2) is 0 Å². The van der Waals surface area contributed by atoms with Gasteiger partial charge in [0.05, 0.1) is 11.6 Å². The minimum atomic E-state index is -0.222. The Hall–Kier alpha value is -1.78. The molecule has 20 heavy (non-hydrogen) atoms. The first-order chi connectivity index (χ1) is 9.51. The molecule has 4 nitrogen and oxygen atoms in total. The van der Waals surface area contributed by atoms with Crippen LogP contribution in [0.4, 0.5) is 5.69 Å². The molecule has 1 amide bonds. The van der Waals surface area contributed by atoms with Crippen LogP contribution in [0.5, 0.6) is 0 Å². The van der Waals surface area contributed by atoms with Gasteiger partial charge in [-0.1, -0.05) is 23.7 Å². The molecule has 0 unspecified atom stereocenters. The average molecular weight is 293 g/mol. The Morgan fingerprint density at radius 2 is 2.15 bits per heavy atom. The summed E-state index contributed by atoms with van der Waals surface area (Å²) in [6.07, 6.45) is 1.74. The van der Waals surface area contributed by atoms with Crippen LogP contribution in [-0.4, -0.2) is 15.6 Å². The van der Waals surface area contributed by atoms with E-state index >= 15 is 0 Å². The number of nitrogens with one attached hydrogen (secondary N) is 1. The number of hydrogen-bond acceptors (Lipinski definition) is 2. The Morgan fingerprint density at radius 1 is 1.40 bits per heavy atom. The topological polar surface area (TPSA) is 54.3 Å². The zero-order chi connectivity index (χ0) is 14.7. The van der Waals surface area contributed by atoms with Crippen molar-refractivity contribution in [2.45, 2.75) is 26.5 Å². The lowest BCUT2D eigenvalue weighted by Gasteiger charge is -2.13. The van der Waals surface area contributed by atoms with Crippen LogP contribution in [0.2, 0.25) is 5.02 Å². The van der Waals surface area contributed by atoms with Gasteiger partial charge in [-0.15, -0.1) is 0 Å². The van der Waals surface area contributed by atoms with Crippen molar-refractivity contribution in [2.75, 3.05) is 5.32 Å². The van der Waals surface area contributed by atoms with E-state index in [1.807, 2.05) is 18.4 Å². The Kier molecular flexibility index (Phi) is 4.47. The molecule has 106 valence electrons. The van der Waals surface area contributed by atoms with Crippen molar-refractivity contribution in [3.8, 4) is 0 Å². The van der Waals surface area contributed by atoms with Crippen LogP contribution in [0.15, 0.2) is 36.5 Å². The molecule has 0 spiro atoms. The molecule has 0 bridgehead atoms. The van der Waals surface area contributed by atoms with E-state index < -0.39 is 0 Å². The van der Waals surface area contributed by atoms with Crippen LogP contribution in [0.3, 0.4) is 0 Å². The lowest BCUT2D eigenvalue weighted by molar-refractivity contribution is 0.101. The van der Waals surface area contributed by atoms with E-state index in [2.05, 4.69) is 5.32 Å². The summed E-state index contributed by atoms with van der Waals surface area (Å²) in [5.41, 5.74) is 1.91. The fourth-order valence-electron chi connectivity index (χ4n) is 2.00. The van der Waals surface area contributed by atoms with Crippen LogP contribution < -0.4 is 5.32 Å². The molecule has 1 aromatic carbocycles. The van der Waals surface area contributed by atoms with Gasteiger partial charge in [0, 0.05) is 17.9 Å². The minimum absolute atomic E-state index is 0.0576. The molecule has 0 saturated carbocycles. The Morgan fingerprint density at radius 3 is 2.80 bits per heavy atom. The van der Waals surface area contributed by atoms with Gasteiger partial charge in [0.1, 0.15) is 5.69 Å². The van der Waals surface area contributed by atoms with Crippen molar-refractivity contribution in [1.82, 2.24) is 4.57 Å². The second-order valence-electron chi connectivity index (χ2n) is 4.86. The molecule has 0 aliphatic carbocycles. The lowest BCUT2D eigenvalue weighted by Crippen LogP contribution is -2.17. The highest BCUT2D eigenvalue weighted by atomic mass is 35.5. The molecule has 2 rings (SSSR count).